The second-order valence-electron chi connectivity index (χ2n) is 6.81. The highest BCUT2D eigenvalue weighted by molar-refractivity contribution is 6.04. The molecule has 0 aliphatic carbocycles. The molecule has 146 valence electrons. The highest BCUT2D eigenvalue weighted by atomic mass is 19.1. The number of rotatable bonds is 4. The minimum absolute atomic E-state index is 0.0267. The van der Waals surface area contributed by atoms with Crippen molar-refractivity contribution in [1.82, 2.24) is 4.90 Å². The van der Waals surface area contributed by atoms with Crippen LogP contribution < -0.4 is 10.1 Å². The molecule has 0 saturated carbocycles. The number of carbonyl (C=O) groups is 2. The normalized spacial score (nSPS) is 13.3. The smallest absolute Gasteiger partial charge is 0.261 e. The fraction of sp³-hybridized carbons (Fsp3) is 0.130. The molecule has 0 radical (unpaired) electrons. The molecule has 0 fully saturated rings. The van der Waals surface area contributed by atoms with Gasteiger partial charge in [0.05, 0.1) is 0 Å². The number of benzene rings is 3. The maximum atomic E-state index is 13.1. The Morgan fingerprint density at radius 3 is 2.55 bits per heavy atom. The number of hydrogen-bond donors (Lipinski definition) is 1. The van der Waals surface area contributed by atoms with Crippen molar-refractivity contribution in [2.45, 2.75) is 13.1 Å². The number of nitrogens with one attached hydrogen (secondary N) is 1. The molecule has 5 nitrogen and oxygen atoms in total. The second-order valence-corrected chi connectivity index (χ2v) is 6.81. The van der Waals surface area contributed by atoms with E-state index in [1.165, 1.54) is 24.3 Å². The fourth-order valence-electron chi connectivity index (χ4n) is 3.20. The third-order valence-electron chi connectivity index (χ3n) is 4.71. The predicted molar refractivity (Wildman–Crippen MR) is 107 cm³/mol. The van der Waals surface area contributed by atoms with Crippen molar-refractivity contribution < 1.29 is 18.7 Å². The Labute approximate surface area is 167 Å². The Kier molecular flexibility index (Phi) is 5.24. The third-order valence-corrected chi connectivity index (χ3v) is 4.71. The number of halogens is 1. The summed E-state index contributed by atoms with van der Waals surface area (Å²) in [7, 11) is 0. The van der Waals surface area contributed by atoms with E-state index in [1.54, 1.807) is 23.1 Å². The molecule has 1 aliphatic heterocycles. The molecular weight excluding hydrogens is 371 g/mol. The van der Waals surface area contributed by atoms with Crippen LogP contribution in [-0.4, -0.2) is 23.3 Å². The molecule has 1 heterocycles. The molecule has 0 spiro atoms. The van der Waals surface area contributed by atoms with Gasteiger partial charge in [-0.1, -0.05) is 30.3 Å². The highest BCUT2D eigenvalue weighted by Crippen LogP contribution is 2.27. The van der Waals surface area contributed by atoms with Crippen molar-refractivity contribution in [3.8, 4) is 5.75 Å². The van der Waals surface area contributed by atoms with Crippen LogP contribution in [-0.2, 0) is 17.9 Å². The summed E-state index contributed by atoms with van der Waals surface area (Å²) in [6, 6.07) is 20.4. The van der Waals surface area contributed by atoms with E-state index < -0.39 is 5.82 Å². The highest BCUT2D eigenvalue weighted by Gasteiger charge is 2.22. The average Bonchev–Trinajstić information content (AvgIpc) is 2.88. The van der Waals surface area contributed by atoms with Gasteiger partial charge in [-0.3, -0.25) is 9.59 Å². The van der Waals surface area contributed by atoms with Crippen LogP contribution in [0.5, 0.6) is 5.75 Å². The number of ether oxygens (including phenoxy) is 1. The van der Waals surface area contributed by atoms with Crippen molar-refractivity contribution in [2.24, 2.45) is 0 Å². The van der Waals surface area contributed by atoms with Gasteiger partial charge >= 0.3 is 0 Å². The molecule has 3 aromatic rings. The Morgan fingerprint density at radius 1 is 1.03 bits per heavy atom. The maximum Gasteiger partial charge on any atom is 0.261 e. The van der Waals surface area contributed by atoms with Crippen molar-refractivity contribution in [3.05, 3.63) is 95.3 Å². The van der Waals surface area contributed by atoms with Crippen molar-refractivity contribution in [3.63, 3.8) is 0 Å². The molecule has 29 heavy (non-hydrogen) atoms. The third kappa shape index (κ3) is 4.43. The SMILES string of the molecule is O=C(Nc1ccc2c(c1)CN(Cc1ccccc1)C(=O)CO2)c1ccc(F)cc1. The summed E-state index contributed by atoms with van der Waals surface area (Å²) < 4.78 is 18.7. The largest absolute Gasteiger partial charge is 0.483 e. The summed E-state index contributed by atoms with van der Waals surface area (Å²) in [5.41, 5.74) is 2.78. The topological polar surface area (TPSA) is 58.6 Å². The van der Waals surface area contributed by atoms with Crippen molar-refractivity contribution in [2.75, 3.05) is 11.9 Å². The molecule has 0 unspecified atom stereocenters. The quantitative estimate of drug-likeness (QED) is 0.733. The number of carbonyl (C=O) groups excluding carboxylic acids is 2. The Balaban J connectivity index is 1.52. The van der Waals surface area contributed by atoms with Crippen LogP contribution >= 0.6 is 0 Å². The molecule has 3 aromatic carbocycles. The minimum atomic E-state index is -0.396. The van der Waals surface area contributed by atoms with Crippen molar-refractivity contribution >= 4 is 17.5 Å². The van der Waals surface area contributed by atoms with E-state index in [1.807, 2.05) is 30.3 Å². The van der Waals surface area contributed by atoms with E-state index >= 15 is 0 Å². The molecule has 0 atom stereocenters. The van der Waals surface area contributed by atoms with Gasteiger partial charge in [0.2, 0.25) is 0 Å². The first kappa shape index (κ1) is 18.7. The van der Waals surface area contributed by atoms with Crippen LogP contribution in [0.3, 0.4) is 0 Å². The number of fused-ring (bicyclic) bond motifs is 1. The number of hydrogen-bond acceptors (Lipinski definition) is 3. The van der Waals surface area contributed by atoms with E-state index in [0.717, 1.165) is 11.1 Å². The lowest BCUT2D eigenvalue weighted by molar-refractivity contribution is -0.133. The van der Waals surface area contributed by atoms with E-state index in [0.29, 0.717) is 30.1 Å². The summed E-state index contributed by atoms with van der Waals surface area (Å²) in [6.07, 6.45) is 0. The minimum Gasteiger partial charge on any atom is -0.483 e. The van der Waals surface area contributed by atoms with Gasteiger partial charge in [0.25, 0.3) is 11.8 Å². The Hall–Kier alpha value is -3.67. The van der Waals surface area contributed by atoms with Gasteiger partial charge in [0, 0.05) is 29.9 Å². The Morgan fingerprint density at radius 2 is 1.79 bits per heavy atom. The van der Waals surface area contributed by atoms with Crippen LogP contribution in [0, 0.1) is 5.82 Å². The lowest BCUT2D eigenvalue weighted by Crippen LogP contribution is -2.31. The monoisotopic (exact) mass is 390 g/mol. The molecule has 0 aromatic heterocycles. The molecule has 4 rings (SSSR count). The van der Waals surface area contributed by atoms with Gasteiger partial charge in [0.1, 0.15) is 11.6 Å². The van der Waals surface area contributed by atoms with Gasteiger partial charge in [-0.25, -0.2) is 4.39 Å². The van der Waals surface area contributed by atoms with Crippen LogP contribution in [0.15, 0.2) is 72.8 Å². The zero-order valence-corrected chi connectivity index (χ0v) is 15.6. The van der Waals surface area contributed by atoms with E-state index in [9.17, 15) is 14.0 Å². The summed E-state index contributed by atoms with van der Waals surface area (Å²) in [6.45, 7) is 0.832. The summed E-state index contributed by atoms with van der Waals surface area (Å²) in [5.74, 6) is -0.209. The first-order chi connectivity index (χ1) is 14.1. The molecule has 6 heteroatoms. The van der Waals surface area contributed by atoms with Gasteiger partial charge in [-0.05, 0) is 48.0 Å². The van der Waals surface area contributed by atoms with E-state index in [4.69, 9.17) is 4.74 Å². The Bertz CT molecular complexity index is 1040. The first-order valence-corrected chi connectivity index (χ1v) is 9.23. The van der Waals surface area contributed by atoms with Gasteiger partial charge in [-0.2, -0.15) is 0 Å². The van der Waals surface area contributed by atoms with Gasteiger partial charge < -0.3 is 15.0 Å². The van der Waals surface area contributed by atoms with Crippen LogP contribution in [0.1, 0.15) is 21.5 Å². The molecule has 0 saturated heterocycles. The number of nitrogens with zero attached hydrogens (tertiary/aromatic N) is 1. The van der Waals surface area contributed by atoms with E-state index in [2.05, 4.69) is 5.32 Å². The lowest BCUT2D eigenvalue weighted by atomic mass is 10.1. The molecule has 2 amide bonds. The van der Waals surface area contributed by atoms with Crippen LogP contribution in [0.4, 0.5) is 10.1 Å². The number of anilines is 1. The predicted octanol–water partition coefficient (Wildman–Crippen LogP) is 4.00. The van der Waals surface area contributed by atoms with Crippen LogP contribution in [0.25, 0.3) is 0 Å². The first-order valence-electron chi connectivity index (χ1n) is 9.23. The maximum absolute atomic E-state index is 13.1. The fourth-order valence-corrected chi connectivity index (χ4v) is 3.20. The summed E-state index contributed by atoms with van der Waals surface area (Å²) in [4.78, 5) is 26.6. The second kappa shape index (κ2) is 8.14. The molecule has 1 N–H and O–H groups in total. The summed E-state index contributed by atoms with van der Waals surface area (Å²) in [5, 5.41) is 2.80. The van der Waals surface area contributed by atoms with Gasteiger partial charge in [-0.15, -0.1) is 0 Å². The van der Waals surface area contributed by atoms with E-state index in [-0.39, 0.29) is 18.4 Å². The molecule has 1 aliphatic rings. The zero-order valence-electron chi connectivity index (χ0n) is 15.6. The lowest BCUT2D eigenvalue weighted by Gasteiger charge is -2.20. The van der Waals surface area contributed by atoms with Gasteiger partial charge in [0.15, 0.2) is 6.61 Å². The van der Waals surface area contributed by atoms with Crippen LogP contribution in [0.2, 0.25) is 0 Å². The average molecular weight is 390 g/mol. The molecular formula is C23H19FN2O3. The van der Waals surface area contributed by atoms with Crippen molar-refractivity contribution in [1.29, 1.82) is 0 Å². The molecule has 0 bridgehead atoms. The number of amides is 2. The summed E-state index contributed by atoms with van der Waals surface area (Å²) >= 11 is 0. The zero-order chi connectivity index (χ0) is 20.2. The standard InChI is InChI=1S/C23H19FN2O3/c24-19-8-6-17(7-9-19)23(28)25-20-10-11-21-18(12-20)14-26(22(27)15-29-21)13-16-4-2-1-3-5-16/h1-12H,13-15H2,(H,25,28).